The summed E-state index contributed by atoms with van der Waals surface area (Å²) >= 11 is 0. The topological polar surface area (TPSA) is 43.4 Å². The van der Waals surface area contributed by atoms with E-state index in [9.17, 15) is 14.0 Å². The number of carbonyl (C=O) groups excluding carboxylic acids is 2. The number of halogens is 1. The summed E-state index contributed by atoms with van der Waals surface area (Å²) in [6, 6.07) is 10.2. The van der Waals surface area contributed by atoms with E-state index in [0.717, 1.165) is 23.1 Å². The third-order valence-electron chi connectivity index (χ3n) is 4.99. The van der Waals surface area contributed by atoms with Crippen LogP contribution in [-0.2, 0) is 21.4 Å². The molecule has 0 fully saturated rings. The van der Waals surface area contributed by atoms with E-state index in [4.69, 9.17) is 0 Å². The number of benzene rings is 2. The van der Waals surface area contributed by atoms with Gasteiger partial charge in [-0.15, -0.1) is 0 Å². The fourth-order valence-corrected chi connectivity index (χ4v) is 3.26. The first-order valence-corrected chi connectivity index (χ1v) is 8.85. The highest BCUT2D eigenvalue weighted by Crippen LogP contribution is 2.37. The summed E-state index contributed by atoms with van der Waals surface area (Å²) in [5.41, 5.74) is 3.31. The molecular weight excluding hydrogens is 343 g/mol. The summed E-state index contributed by atoms with van der Waals surface area (Å²) in [5, 5.41) is 0. The summed E-state index contributed by atoms with van der Waals surface area (Å²) < 4.78 is 18.7. The normalized spacial score (nSPS) is 14.7. The van der Waals surface area contributed by atoms with Crippen molar-refractivity contribution >= 4 is 11.8 Å². The van der Waals surface area contributed by atoms with Gasteiger partial charge in [0.15, 0.2) is 5.78 Å². The molecule has 0 spiro atoms. The van der Waals surface area contributed by atoms with E-state index in [1.165, 1.54) is 13.2 Å². The number of methoxy groups -OCH3 is 1. The van der Waals surface area contributed by atoms with Crippen molar-refractivity contribution in [3.8, 4) is 11.8 Å². The summed E-state index contributed by atoms with van der Waals surface area (Å²) in [7, 11) is 1.27. The molecule has 0 saturated heterocycles. The second-order valence-corrected chi connectivity index (χ2v) is 7.38. The minimum absolute atomic E-state index is 0.0669. The van der Waals surface area contributed by atoms with E-state index in [-0.39, 0.29) is 23.2 Å². The molecule has 2 aromatic carbocycles. The van der Waals surface area contributed by atoms with Crippen molar-refractivity contribution in [2.75, 3.05) is 7.11 Å². The number of carbonyl (C=O) groups is 2. The molecule has 0 bridgehead atoms. The summed E-state index contributed by atoms with van der Waals surface area (Å²) in [6.45, 7) is 4.26. The monoisotopic (exact) mass is 364 g/mol. The highest BCUT2D eigenvalue weighted by molar-refractivity contribution is 5.99. The molecule has 3 nitrogen and oxygen atoms in total. The Kier molecular flexibility index (Phi) is 5.14. The van der Waals surface area contributed by atoms with E-state index < -0.39 is 11.8 Å². The minimum atomic E-state index is -0.487. The second kappa shape index (κ2) is 7.36. The number of ether oxygens (including phenoxy) is 1. The summed E-state index contributed by atoms with van der Waals surface area (Å²) in [5.74, 6) is 5.20. The average molecular weight is 364 g/mol. The van der Waals surface area contributed by atoms with Gasteiger partial charge in [0, 0.05) is 23.1 Å². The fraction of sp³-hybridized carbons (Fsp3) is 0.304. The van der Waals surface area contributed by atoms with Crippen LogP contribution in [0.2, 0.25) is 0 Å². The molecular formula is C23H21FO3. The molecule has 4 heteroatoms. The van der Waals surface area contributed by atoms with Crippen LogP contribution in [0, 0.1) is 17.7 Å². The molecule has 0 atom stereocenters. The highest BCUT2D eigenvalue weighted by Gasteiger charge is 2.31. The van der Waals surface area contributed by atoms with Crippen LogP contribution in [0.3, 0.4) is 0 Å². The van der Waals surface area contributed by atoms with Crippen molar-refractivity contribution in [1.29, 1.82) is 0 Å². The third kappa shape index (κ3) is 4.09. The van der Waals surface area contributed by atoms with Crippen LogP contribution in [0.25, 0.3) is 0 Å². The first-order chi connectivity index (χ1) is 12.8. The summed E-state index contributed by atoms with van der Waals surface area (Å²) in [4.78, 5) is 23.4. The van der Waals surface area contributed by atoms with E-state index in [2.05, 4.69) is 30.4 Å². The number of esters is 1. The van der Waals surface area contributed by atoms with Crippen LogP contribution in [0.5, 0.6) is 0 Å². The Balaban J connectivity index is 1.87. The van der Waals surface area contributed by atoms with Crippen molar-refractivity contribution in [2.24, 2.45) is 0 Å². The Labute approximate surface area is 158 Å². The van der Waals surface area contributed by atoms with E-state index >= 15 is 0 Å². The maximum Gasteiger partial charge on any atom is 0.310 e. The predicted octanol–water partition coefficient (Wildman–Crippen LogP) is 4.20. The van der Waals surface area contributed by atoms with Crippen LogP contribution in [0.4, 0.5) is 4.39 Å². The molecule has 0 aromatic heterocycles. The van der Waals surface area contributed by atoms with Crippen LogP contribution in [0.1, 0.15) is 59.3 Å². The van der Waals surface area contributed by atoms with Crippen LogP contribution < -0.4 is 0 Å². The predicted molar refractivity (Wildman–Crippen MR) is 101 cm³/mol. The quantitative estimate of drug-likeness (QED) is 0.593. The zero-order valence-corrected chi connectivity index (χ0v) is 15.7. The Hall–Kier alpha value is -2.93. The second-order valence-electron chi connectivity index (χ2n) is 7.38. The number of ketones is 1. The molecule has 0 unspecified atom stereocenters. The van der Waals surface area contributed by atoms with Gasteiger partial charge in [0.1, 0.15) is 5.82 Å². The van der Waals surface area contributed by atoms with Crippen molar-refractivity contribution < 1.29 is 18.7 Å². The van der Waals surface area contributed by atoms with Gasteiger partial charge in [-0.3, -0.25) is 9.59 Å². The van der Waals surface area contributed by atoms with Gasteiger partial charge in [-0.1, -0.05) is 31.8 Å². The van der Waals surface area contributed by atoms with Gasteiger partial charge in [-0.2, -0.15) is 0 Å². The van der Waals surface area contributed by atoms with Crippen LogP contribution in [-0.4, -0.2) is 18.9 Å². The molecule has 1 aliphatic carbocycles. The summed E-state index contributed by atoms with van der Waals surface area (Å²) in [6.07, 6.45) is 1.29. The minimum Gasteiger partial charge on any atom is -0.469 e. The van der Waals surface area contributed by atoms with Crippen molar-refractivity contribution in [3.63, 3.8) is 0 Å². The lowest BCUT2D eigenvalue weighted by atomic mass is 9.72. The zero-order valence-electron chi connectivity index (χ0n) is 15.7. The molecule has 27 heavy (non-hydrogen) atoms. The Morgan fingerprint density at radius 2 is 1.81 bits per heavy atom. The van der Waals surface area contributed by atoms with E-state index in [1.54, 1.807) is 12.1 Å². The van der Waals surface area contributed by atoms with Gasteiger partial charge in [0.2, 0.25) is 0 Å². The maximum atomic E-state index is 14.1. The van der Waals surface area contributed by atoms with Gasteiger partial charge < -0.3 is 4.74 Å². The molecule has 0 radical (unpaired) electrons. The highest BCUT2D eigenvalue weighted by atomic mass is 19.1. The molecule has 0 amide bonds. The van der Waals surface area contributed by atoms with Gasteiger partial charge in [-0.25, -0.2) is 4.39 Å². The van der Waals surface area contributed by atoms with Crippen LogP contribution >= 0.6 is 0 Å². The first kappa shape index (κ1) is 18.8. The number of Topliss-reactive ketones (excluding diaryl/α,β-unsaturated/α-hetero) is 1. The third-order valence-corrected chi connectivity index (χ3v) is 4.99. The smallest absolute Gasteiger partial charge is 0.310 e. The number of hydrogen-bond acceptors (Lipinski definition) is 3. The van der Waals surface area contributed by atoms with E-state index in [0.29, 0.717) is 12.0 Å². The number of rotatable bonds is 2. The molecule has 138 valence electrons. The standard InChI is InChI=1S/C23H21FO3/c1-23(2)11-10-21(25)18-9-7-15(12-19(18)23)4-5-16-6-8-17(20(24)13-16)14-22(26)27-3/h6-9,12-13H,10-11,14H2,1-3H3. The van der Waals surface area contributed by atoms with E-state index in [1.807, 2.05) is 18.2 Å². The lowest BCUT2D eigenvalue weighted by Gasteiger charge is -2.31. The fourth-order valence-electron chi connectivity index (χ4n) is 3.26. The molecule has 2 aromatic rings. The average Bonchev–Trinajstić information content (AvgIpc) is 2.65. The van der Waals surface area contributed by atoms with Gasteiger partial charge in [0.25, 0.3) is 0 Å². The van der Waals surface area contributed by atoms with Crippen LogP contribution in [0.15, 0.2) is 36.4 Å². The van der Waals surface area contributed by atoms with Gasteiger partial charge in [-0.05, 0) is 53.3 Å². The Bertz CT molecular complexity index is 977. The molecule has 3 rings (SSSR count). The lowest BCUT2D eigenvalue weighted by Crippen LogP contribution is -2.27. The molecule has 0 aliphatic heterocycles. The Morgan fingerprint density at radius 3 is 2.48 bits per heavy atom. The van der Waals surface area contributed by atoms with Gasteiger partial charge in [0.05, 0.1) is 13.5 Å². The van der Waals surface area contributed by atoms with Crippen molar-refractivity contribution in [1.82, 2.24) is 0 Å². The Morgan fingerprint density at radius 1 is 1.15 bits per heavy atom. The first-order valence-electron chi connectivity index (χ1n) is 8.85. The molecule has 1 aliphatic rings. The van der Waals surface area contributed by atoms with Crippen molar-refractivity contribution in [3.05, 3.63) is 70.0 Å². The number of fused-ring (bicyclic) bond motifs is 1. The lowest BCUT2D eigenvalue weighted by molar-refractivity contribution is -0.139. The zero-order chi connectivity index (χ0) is 19.6. The number of hydrogen-bond donors (Lipinski definition) is 0. The molecule has 0 saturated carbocycles. The van der Waals surface area contributed by atoms with Crippen molar-refractivity contribution in [2.45, 2.75) is 38.5 Å². The molecule has 0 heterocycles. The van der Waals surface area contributed by atoms with Gasteiger partial charge >= 0.3 is 5.97 Å². The molecule has 0 N–H and O–H groups in total. The largest absolute Gasteiger partial charge is 0.469 e. The maximum absolute atomic E-state index is 14.1. The SMILES string of the molecule is COC(=O)Cc1ccc(C#Cc2ccc3c(c2)C(C)(C)CCC3=O)cc1F.